The fraction of sp³-hybridized carbons (Fsp3) is 0.562. The number of benzene rings is 1. The first-order chi connectivity index (χ1) is 9.20. The van der Waals surface area contributed by atoms with Crippen molar-refractivity contribution in [2.75, 3.05) is 0 Å². The molecule has 0 saturated heterocycles. The van der Waals surface area contributed by atoms with E-state index in [1.165, 1.54) is 19.3 Å². The fourth-order valence-electron chi connectivity index (χ4n) is 2.90. The first-order valence-electron chi connectivity index (χ1n) is 7.31. The minimum absolute atomic E-state index is 0. The Labute approximate surface area is 127 Å². The molecular formula is C16H25ClN2O. The number of hydrogen-bond acceptors (Lipinski definition) is 2. The third kappa shape index (κ3) is 4.50. The van der Waals surface area contributed by atoms with Crippen molar-refractivity contribution in [1.29, 1.82) is 0 Å². The topological polar surface area (TPSA) is 55.1 Å². The number of hydrogen-bond donors (Lipinski definition) is 2. The van der Waals surface area contributed by atoms with Crippen LogP contribution in [0.3, 0.4) is 0 Å². The van der Waals surface area contributed by atoms with Crippen molar-refractivity contribution in [3.05, 3.63) is 35.9 Å². The molecule has 1 fully saturated rings. The quantitative estimate of drug-likeness (QED) is 0.896. The summed E-state index contributed by atoms with van der Waals surface area (Å²) in [6.45, 7) is 2.23. The van der Waals surface area contributed by atoms with Crippen LogP contribution in [0.15, 0.2) is 30.3 Å². The molecule has 1 aliphatic rings. The zero-order valence-corrected chi connectivity index (χ0v) is 12.9. The zero-order valence-electron chi connectivity index (χ0n) is 12.0. The predicted octanol–water partition coefficient (Wildman–Crippen LogP) is 3.19. The van der Waals surface area contributed by atoms with Gasteiger partial charge in [-0.25, -0.2) is 0 Å². The van der Waals surface area contributed by atoms with E-state index >= 15 is 0 Å². The Morgan fingerprint density at radius 1 is 1.35 bits per heavy atom. The Morgan fingerprint density at radius 2 is 2.05 bits per heavy atom. The molecule has 0 aromatic heterocycles. The second-order valence-electron chi connectivity index (χ2n) is 5.53. The van der Waals surface area contributed by atoms with E-state index in [4.69, 9.17) is 5.73 Å². The van der Waals surface area contributed by atoms with Gasteiger partial charge in [-0.3, -0.25) is 4.79 Å². The molecule has 1 amide bonds. The molecule has 2 rings (SSSR count). The number of halogens is 1. The van der Waals surface area contributed by atoms with Gasteiger partial charge in [-0.05, 0) is 24.3 Å². The van der Waals surface area contributed by atoms with Crippen LogP contribution in [-0.2, 0) is 4.79 Å². The van der Waals surface area contributed by atoms with E-state index in [9.17, 15) is 4.79 Å². The van der Waals surface area contributed by atoms with Crippen molar-refractivity contribution >= 4 is 18.3 Å². The van der Waals surface area contributed by atoms with Crippen molar-refractivity contribution in [3.8, 4) is 0 Å². The fourth-order valence-corrected chi connectivity index (χ4v) is 2.90. The summed E-state index contributed by atoms with van der Waals surface area (Å²) in [5.41, 5.74) is 6.89. The molecule has 0 radical (unpaired) electrons. The van der Waals surface area contributed by atoms with E-state index in [2.05, 4.69) is 12.2 Å². The van der Waals surface area contributed by atoms with E-state index in [1.807, 2.05) is 30.3 Å². The monoisotopic (exact) mass is 296 g/mol. The molecule has 3 unspecified atom stereocenters. The summed E-state index contributed by atoms with van der Waals surface area (Å²) in [6.07, 6.45) is 5.91. The van der Waals surface area contributed by atoms with Crippen LogP contribution >= 0.6 is 12.4 Å². The van der Waals surface area contributed by atoms with Crippen molar-refractivity contribution in [1.82, 2.24) is 5.32 Å². The highest BCUT2D eigenvalue weighted by atomic mass is 35.5. The Kier molecular flexibility index (Phi) is 7.03. The lowest BCUT2D eigenvalue weighted by Crippen LogP contribution is -2.42. The lowest BCUT2D eigenvalue weighted by molar-refractivity contribution is -0.123. The van der Waals surface area contributed by atoms with Gasteiger partial charge in [0, 0.05) is 6.04 Å². The number of carbonyl (C=O) groups is 1. The minimum Gasteiger partial charge on any atom is -0.352 e. The third-order valence-corrected chi connectivity index (χ3v) is 4.15. The Bertz CT molecular complexity index is 410. The van der Waals surface area contributed by atoms with Crippen LogP contribution in [0.4, 0.5) is 0 Å². The lowest BCUT2D eigenvalue weighted by Gasteiger charge is -2.30. The van der Waals surface area contributed by atoms with Gasteiger partial charge in [0.2, 0.25) is 5.91 Å². The second-order valence-corrected chi connectivity index (χ2v) is 5.53. The summed E-state index contributed by atoms with van der Waals surface area (Å²) < 4.78 is 0. The summed E-state index contributed by atoms with van der Waals surface area (Å²) >= 11 is 0. The van der Waals surface area contributed by atoms with Crippen LogP contribution in [0.1, 0.15) is 50.6 Å². The summed E-state index contributed by atoms with van der Waals surface area (Å²) in [4.78, 5) is 12.2. The molecule has 0 bridgehead atoms. The number of nitrogens with two attached hydrogens (primary N) is 1. The first kappa shape index (κ1) is 17.0. The molecule has 1 aromatic carbocycles. The highest BCUT2D eigenvalue weighted by Gasteiger charge is 2.24. The van der Waals surface area contributed by atoms with Crippen LogP contribution in [-0.4, -0.2) is 11.9 Å². The molecule has 0 spiro atoms. The van der Waals surface area contributed by atoms with Crippen LogP contribution in [0, 0.1) is 5.92 Å². The summed E-state index contributed by atoms with van der Waals surface area (Å²) in [6, 6.07) is 9.32. The molecule has 112 valence electrons. The molecule has 1 aromatic rings. The Hall–Kier alpha value is -1.06. The maximum atomic E-state index is 12.2. The molecule has 3 N–H and O–H groups in total. The average molecular weight is 297 g/mol. The second kappa shape index (κ2) is 8.28. The maximum Gasteiger partial charge on any atom is 0.241 e. The summed E-state index contributed by atoms with van der Waals surface area (Å²) in [7, 11) is 0. The van der Waals surface area contributed by atoms with Gasteiger partial charge in [0.05, 0.1) is 0 Å². The van der Waals surface area contributed by atoms with Gasteiger partial charge in [-0.2, -0.15) is 0 Å². The van der Waals surface area contributed by atoms with Crippen LogP contribution in [0.2, 0.25) is 0 Å². The molecule has 3 nitrogen and oxygen atoms in total. The maximum absolute atomic E-state index is 12.2. The number of amides is 1. The van der Waals surface area contributed by atoms with Gasteiger partial charge < -0.3 is 11.1 Å². The summed E-state index contributed by atoms with van der Waals surface area (Å²) in [5.74, 6) is 0.708. The normalized spacial score (nSPS) is 23.5. The van der Waals surface area contributed by atoms with Crippen molar-refractivity contribution < 1.29 is 4.79 Å². The van der Waals surface area contributed by atoms with E-state index in [1.54, 1.807) is 0 Å². The standard InChI is InChI=1S/C16H24N2O.ClH/c1-2-12-7-6-10-14(11-12)18-16(19)15(17)13-8-4-3-5-9-13;/h3-5,8-9,12,14-15H,2,6-7,10-11,17H2,1H3,(H,18,19);1H. The smallest absolute Gasteiger partial charge is 0.241 e. The van der Waals surface area contributed by atoms with Crippen molar-refractivity contribution in [3.63, 3.8) is 0 Å². The van der Waals surface area contributed by atoms with Gasteiger partial charge in [-0.1, -0.05) is 56.5 Å². The molecule has 4 heteroatoms. The van der Waals surface area contributed by atoms with Crippen LogP contribution in [0.5, 0.6) is 0 Å². The number of carbonyl (C=O) groups excluding carboxylic acids is 1. The Balaban J connectivity index is 0.00000200. The van der Waals surface area contributed by atoms with Gasteiger partial charge in [0.15, 0.2) is 0 Å². The van der Waals surface area contributed by atoms with Crippen LogP contribution < -0.4 is 11.1 Å². The van der Waals surface area contributed by atoms with Crippen LogP contribution in [0.25, 0.3) is 0 Å². The average Bonchev–Trinajstić information content (AvgIpc) is 2.47. The summed E-state index contributed by atoms with van der Waals surface area (Å²) in [5, 5.41) is 3.12. The van der Waals surface area contributed by atoms with E-state index in [0.717, 1.165) is 24.3 Å². The van der Waals surface area contributed by atoms with E-state index in [0.29, 0.717) is 6.04 Å². The first-order valence-corrected chi connectivity index (χ1v) is 7.31. The largest absolute Gasteiger partial charge is 0.352 e. The zero-order chi connectivity index (χ0) is 13.7. The molecule has 20 heavy (non-hydrogen) atoms. The molecule has 0 aliphatic heterocycles. The van der Waals surface area contributed by atoms with E-state index < -0.39 is 6.04 Å². The van der Waals surface area contributed by atoms with Gasteiger partial charge in [-0.15, -0.1) is 12.4 Å². The predicted molar refractivity (Wildman–Crippen MR) is 84.8 cm³/mol. The molecule has 1 aliphatic carbocycles. The minimum atomic E-state index is -0.553. The lowest BCUT2D eigenvalue weighted by atomic mass is 9.84. The highest BCUT2D eigenvalue weighted by Crippen LogP contribution is 2.26. The van der Waals surface area contributed by atoms with Crippen molar-refractivity contribution in [2.45, 2.75) is 51.1 Å². The van der Waals surface area contributed by atoms with Gasteiger partial charge >= 0.3 is 0 Å². The van der Waals surface area contributed by atoms with Crippen molar-refractivity contribution in [2.24, 2.45) is 11.7 Å². The van der Waals surface area contributed by atoms with E-state index in [-0.39, 0.29) is 18.3 Å². The molecule has 1 saturated carbocycles. The number of rotatable bonds is 4. The molecule has 3 atom stereocenters. The number of nitrogens with one attached hydrogen (secondary N) is 1. The Morgan fingerprint density at radius 3 is 2.70 bits per heavy atom. The SMILES string of the molecule is CCC1CCCC(NC(=O)C(N)c2ccccc2)C1.Cl. The third-order valence-electron chi connectivity index (χ3n) is 4.15. The van der Waals surface area contributed by atoms with Gasteiger partial charge in [0.25, 0.3) is 0 Å². The highest BCUT2D eigenvalue weighted by molar-refractivity contribution is 5.85. The van der Waals surface area contributed by atoms with Gasteiger partial charge in [0.1, 0.15) is 6.04 Å². The molecule has 0 heterocycles. The molecular weight excluding hydrogens is 272 g/mol.